The maximum Gasteiger partial charge on any atom is 0.306 e. The topological polar surface area (TPSA) is 102 Å². The number of aliphatic carboxylic acids is 1. The SMILES string of the molecule is COc1cc(C(=O)NC2CCC(C(=O)O)CC2)on1. The molecule has 0 radical (unpaired) electrons. The van der Waals surface area contributed by atoms with Gasteiger partial charge in [0, 0.05) is 6.04 Å². The first-order valence-electron chi connectivity index (χ1n) is 6.14. The molecular formula is C12H16N2O5. The average Bonchev–Trinajstić information content (AvgIpc) is 2.88. The summed E-state index contributed by atoms with van der Waals surface area (Å²) in [5.74, 6) is -1.06. The van der Waals surface area contributed by atoms with E-state index in [4.69, 9.17) is 14.4 Å². The van der Waals surface area contributed by atoms with Crippen LogP contribution in [0, 0.1) is 5.92 Å². The van der Waals surface area contributed by atoms with Gasteiger partial charge < -0.3 is 19.7 Å². The molecule has 0 aliphatic heterocycles. The van der Waals surface area contributed by atoms with Crippen molar-refractivity contribution in [2.24, 2.45) is 5.92 Å². The van der Waals surface area contributed by atoms with Crippen LogP contribution in [0.25, 0.3) is 0 Å². The van der Waals surface area contributed by atoms with Crippen LogP contribution in [0.5, 0.6) is 5.88 Å². The molecule has 1 fully saturated rings. The molecule has 7 nitrogen and oxygen atoms in total. The highest BCUT2D eigenvalue weighted by molar-refractivity contribution is 5.91. The van der Waals surface area contributed by atoms with E-state index in [2.05, 4.69) is 10.5 Å². The predicted octanol–water partition coefficient (Wildman–Crippen LogP) is 1.06. The number of nitrogens with one attached hydrogen (secondary N) is 1. The number of rotatable bonds is 4. The lowest BCUT2D eigenvalue weighted by atomic mass is 9.86. The number of amides is 1. The molecule has 1 aliphatic rings. The lowest BCUT2D eigenvalue weighted by Gasteiger charge is -2.26. The smallest absolute Gasteiger partial charge is 0.306 e. The molecule has 1 saturated carbocycles. The van der Waals surface area contributed by atoms with Crippen molar-refractivity contribution in [3.05, 3.63) is 11.8 Å². The lowest BCUT2D eigenvalue weighted by Crippen LogP contribution is -2.38. The van der Waals surface area contributed by atoms with Gasteiger partial charge in [0.25, 0.3) is 11.8 Å². The van der Waals surface area contributed by atoms with Gasteiger partial charge in [0.05, 0.1) is 19.1 Å². The molecule has 0 atom stereocenters. The Bertz CT molecular complexity index is 462. The average molecular weight is 268 g/mol. The molecule has 7 heteroatoms. The first-order valence-corrected chi connectivity index (χ1v) is 6.14. The van der Waals surface area contributed by atoms with Gasteiger partial charge in [-0.15, -0.1) is 0 Å². The van der Waals surface area contributed by atoms with Crippen LogP contribution in [0.2, 0.25) is 0 Å². The summed E-state index contributed by atoms with van der Waals surface area (Å²) < 4.78 is 9.66. The lowest BCUT2D eigenvalue weighted by molar-refractivity contribution is -0.142. The molecule has 19 heavy (non-hydrogen) atoms. The third-order valence-corrected chi connectivity index (χ3v) is 3.33. The summed E-state index contributed by atoms with van der Waals surface area (Å²) >= 11 is 0. The quantitative estimate of drug-likeness (QED) is 0.846. The summed E-state index contributed by atoms with van der Waals surface area (Å²) in [6.45, 7) is 0. The van der Waals surface area contributed by atoms with E-state index in [9.17, 15) is 9.59 Å². The standard InChI is InChI=1S/C12H16N2O5/c1-18-10-6-9(19-14-10)11(15)13-8-4-2-7(3-5-8)12(16)17/h6-8H,2-5H2,1H3,(H,13,15)(H,16,17). The molecule has 2 rings (SSSR count). The number of ether oxygens (including phenoxy) is 1. The van der Waals surface area contributed by atoms with Crippen LogP contribution >= 0.6 is 0 Å². The zero-order chi connectivity index (χ0) is 13.8. The van der Waals surface area contributed by atoms with E-state index in [0.717, 1.165) is 0 Å². The number of hydrogen-bond acceptors (Lipinski definition) is 5. The maximum atomic E-state index is 11.8. The van der Waals surface area contributed by atoms with Crippen molar-refractivity contribution >= 4 is 11.9 Å². The van der Waals surface area contributed by atoms with Crippen molar-refractivity contribution in [2.45, 2.75) is 31.7 Å². The zero-order valence-corrected chi connectivity index (χ0v) is 10.6. The Labute approximate surface area is 109 Å². The van der Waals surface area contributed by atoms with E-state index >= 15 is 0 Å². The van der Waals surface area contributed by atoms with Crippen LogP contribution < -0.4 is 10.1 Å². The number of hydrogen-bond donors (Lipinski definition) is 2. The van der Waals surface area contributed by atoms with E-state index in [1.807, 2.05) is 0 Å². The second-order valence-corrected chi connectivity index (χ2v) is 4.59. The highest BCUT2D eigenvalue weighted by Crippen LogP contribution is 2.24. The van der Waals surface area contributed by atoms with Crippen molar-refractivity contribution in [3.63, 3.8) is 0 Å². The highest BCUT2D eigenvalue weighted by Gasteiger charge is 2.27. The minimum absolute atomic E-state index is 0.0146. The van der Waals surface area contributed by atoms with Crippen molar-refractivity contribution in [1.29, 1.82) is 0 Å². The predicted molar refractivity (Wildman–Crippen MR) is 63.9 cm³/mol. The van der Waals surface area contributed by atoms with E-state index < -0.39 is 5.97 Å². The van der Waals surface area contributed by atoms with Crippen molar-refractivity contribution in [3.8, 4) is 5.88 Å². The van der Waals surface area contributed by atoms with Gasteiger partial charge in [0.2, 0.25) is 5.76 Å². The van der Waals surface area contributed by atoms with Gasteiger partial charge >= 0.3 is 5.97 Å². The van der Waals surface area contributed by atoms with Gasteiger partial charge in [-0.2, -0.15) is 0 Å². The van der Waals surface area contributed by atoms with Crippen LogP contribution in [0.3, 0.4) is 0 Å². The van der Waals surface area contributed by atoms with Crippen LogP contribution in [0.1, 0.15) is 36.2 Å². The fourth-order valence-corrected chi connectivity index (χ4v) is 2.20. The minimum atomic E-state index is -0.759. The molecule has 2 N–H and O–H groups in total. The molecule has 0 spiro atoms. The van der Waals surface area contributed by atoms with Crippen molar-refractivity contribution in [1.82, 2.24) is 10.5 Å². The Morgan fingerprint density at radius 3 is 2.63 bits per heavy atom. The Balaban J connectivity index is 1.85. The number of carboxylic acids is 1. The van der Waals surface area contributed by atoms with E-state index in [-0.39, 0.29) is 29.5 Å². The second-order valence-electron chi connectivity index (χ2n) is 4.59. The van der Waals surface area contributed by atoms with Gasteiger partial charge in [-0.05, 0) is 30.8 Å². The monoisotopic (exact) mass is 268 g/mol. The molecule has 0 saturated heterocycles. The van der Waals surface area contributed by atoms with Gasteiger partial charge in [-0.25, -0.2) is 0 Å². The van der Waals surface area contributed by atoms with Gasteiger partial charge in [-0.1, -0.05) is 0 Å². The summed E-state index contributed by atoms with van der Waals surface area (Å²) in [6, 6.07) is 1.40. The van der Waals surface area contributed by atoms with Gasteiger partial charge in [-0.3, -0.25) is 9.59 Å². The fourth-order valence-electron chi connectivity index (χ4n) is 2.20. The summed E-state index contributed by atoms with van der Waals surface area (Å²) in [7, 11) is 1.44. The first kappa shape index (κ1) is 13.4. The second kappa shape index (κ2) is 5.73. The number of aromatic nitrogens is 1. The van der Waals surface area contributed by atoms with E-state index in [1.165, 1.54) is 13.2 Å². The first-order chi connectivity index (χ1) is 9.10. The molecular weight excluding hydrogens is 252 g/mol. The molecule has 0 bridgehead atoms. The molecule has 1 aromatic heterocycles. The summed E-state index contributed by atoms with van der Waals surface area (Å²) in [5.41, 5.74) is 0. The van der Waals surface area contributed by atoms with Crippen molar-refractivity contribution < 1.29 is 24.0 Å². The van der Waals surface area contributed by atoms with Crippen LogP contribution in [0.15, 0.2) is 10.6 Å². The molecule has 1 aliphatic carbocycles. The molecule has 1 amide bonds. The largest absolute Gasteiger partial charge is 0.481 e. The molecule has 1 heterocycles. The third kappa shape index (κ3) is 3.24. The van der Waals surface area contributed by atoms with Crippen LogP contribution in [0.4, 0.5) is 0 Å². The number of methoxy groups -OCH3 is 1. The molecule has 0 aromatic carbocycles. The number of carbonyl (C=O) groups excluding carboxylic acids is 1. The third-order valence-electron chi connectivity index (χ3n) is 3.33. The Kier molecular flexibility index (Phi) is 4.03. The Morgan fingerprint density at radius 2 is 2.11 bits per heavy atom. The number of carbonyl (C=O) groups is 2. The Morgan fingerprint density at radius 1 is 1.42 bits per heavy atom. The minimum Gasteiger partial charge on any atom is -0.481 e. The zero-order valence-electron chi connectivity index (χ0n) is 10.6. The van der Waals surface area contributed by atoms with Gasteiger partial charge in [0.1, 0.15) is 0 Å². The number of carboxylic acid groups (broad SMARTS) is 1. The van der Waals surface area contributed by atoms with Crippen LogP contribution in [-0.4, -0.2) is 35.3 Å². The van der Waals surface area contributed by atoms with Crippen molar-refractivity contribution in [2.75, 3.05) is 7.11 Å². The van der Waals surface area contributed by atoms with E-state index in [1.54, 1.807) is 0 Å². The maximum absolute atomic E-state index is 11.8. The van der Waals surface area contributed by atoms with E-state index in [0.29, 0.717) is 25.7 Å². The summed E-state index contributed by atoms with van der Waals surface area (Å²) in [5, 5.41) is 15.2. The summed E-state index contributed by atoms with van der Waals surface area (Å²) in [4.78, 5) is 22.7. The summed E-state index contributed by atoms with van der Waals surface area (Å²) in [6.07, 6.45) is 2.49. The van der Waals surface area contributed by atoms with Gasteiger partial charge in [0.15, 0.2) is 0 Å². The number of nitrogens with zero attached hydrogens (tertiary/aromatic N) is 1. The Hall–Kier alpha value is -2.05. The molecule has 1 aromatic rings. The fraction of sp³-hybridized carbons (Fsp3) is 0.583. The molecule has 0 unspecified atom stereocenters. The normalized spacial score (nSPS) is 22.8. The van der Waals surface area contributed by atoms with Crippen LogP contribution in [-0.2, 0) is 4.79 Å². The highest BCUT2D eigenvalue weighted by atomic mass is 16.5. The molecule has 104 valence electrons.